The molecule has 0 radical (unpaired) electrons. The molecule has 1 saturated heterocycles. The number of nitrogens with zero attached hydrogens (tertiary/aromatic N) is 3. The van der Waals surface area contributed by atoms with E-state index in [1.165, 1.54) is 16.5 Å². The van der Waals surface area contributed by atoms with Gasteiger partial charge in [0.25, 0.3) is 0 Å². The van der Waals surface area contributed by atoms with E-state index in [0.717, 1.165) is 0 Å². The number of aliphatic carboxylic acids is 1. The molecular formula is C11H8N3NaO3S. The molecule has 0 aliphatic carbocycles. The molecule has 19 heavy (non-hydrogen) atoms. The fourth-order valence-electron chi connectivity index (χ4n) is 2.20. The largest absolute Gasteiger partial charge is 1.00 e. The molecule has 1 fully saturated rings. The number of carbonyl (C=O) groups is 2. The Morgan fingerprint density at radius 1 is 1.53 bits per heavy atom. The Labute approximate surface area is 133 Å². The van der Waals surface area contributed by atoms with Gasteiger partial charge in [0.15, 0.2) is 0 Å². The second kappa shape index (κ2) is 5.16. The number of fused-ring (bicyclic) bond motifs is 1. The fourth-order valence-corrected chi connectivity index (χ4v) is 3.93. The normalized spacial score (nSPS) is 28.0. The molecule has 0 saturated carbocycles. The van der Waals surface area contributed by atoms with Gasteiger partial charge in [-0.15, -0.1) is 10.5 Å². The molecule has 2 aliphatic heterocycles. The maximum Gasteiger partial charge on any atom is 1.00 e. The van der Waals surface area contributed by atoms with E-state index in [2.05, 4.69) is 16.1 Å². The van der Waals surface area contributed by atoms with Crippen LogP contribution in [0, 0.1) is 0 Å². The first-order valence-electron chi connectivity index (χ1n) is 5.16. The van der Waals surface area contributed by atoms with E-state index in [9.17, 15) is 14.7 Å². The Bertz CT molecular complexity index is 604. The van der Waals surface area contributed by atoms with Crippen LogP contribution in [-0.4, -0.2) is 38.2 Å². The first-order valence-corrected chi connectivity index (χ1v) is 6.68. The van der Waals surface area contributed by atoms with Crippen LogP contribution in [0.25, 0.3) is 0 Å². The van der Waals surface area contributed by atoms with Crippen LogP contribution in [0.15, 0.2) is 29.4 Å². The maximum absolute atomic E-state index is 12.0. The van der Waals surface area contributed by atoms with Crippen molar-refractivity contribution < 1.29 is 44.3 Å². The van der Waals surface area contributed by atoms with Crippen molar-refractivity contribution in [2.45, 2.75) is 11.3 Å². The summed E-state index contributed by atoms with van der Waals surface area (Å²) in [5.74, 6) is 1.80. The van der Waals surface area contributed by atoms with Crippen molar-refractivity contribution in [3.05, 3.63) is 35.1 Å². The zero-order valence-corrected chi connectivity index (χ0v) is 13.0. The van der Waals surface area contributed by atoms with Crippen molar-refractivity contribution in [3.63, 3.8) is 0 Å². The minimum atomic E-state index is -1.34. The van der Waals surface area contributed by atoms with Crippen LogP contribution >= 0.6 is 10.5 Å². The standard InChI is InChI=1S/C11H9N3O3S.Na/c1-18-5-7(11(16)17)14-9(15)8(10(14)18)6-3-2-4-12-13-6;/h2-5,8,10H,1H2,(H,16,17);/q;+1/p-1/t8?,10-,18?;/m1./s1. The van der Waals surface area contributed by atoms with Crippen molar-refractivity contribution in [1.29, 1.82) is 0 Å². The second-order valence-electron chi connectivity index (χ2n) is 3.98. The summed E-state index contributed by atoms with van der Waals surface area (Å²) in [6.45, 7) is 0. The molecule has 3 atom stereocenters. The molecule has 0 aromatic carbocycles. The van der Waals surface area contributed by atoms with Gasteiger partial charge in [0.2, 0.25) is 5.91 Å². The van der Waals surface area contributed by atoms with Gasteiger partial charge in [-0.2, -0.15) is 10.2 Å². The number of carboxylic acids is 1. The second-order valence-corrected chi connectivity index (χ2v) is 5.64. The van der Waals surface area contributed by atoms with Gasteiger partial charge in [0.05, 0.1) is 22.7 Å². The number of amides is 1. The van der Waals surface area contributed by atoms with Crippen LogP contribution in [0.4, 0.5) is 0 Å². The summed E-state index contributed by atoms with van der Waals surface area (Å²) in [5.41, 5.74) is 0.473. The van der Waals surface area contributed by atoms with Gasteiger partial charge >= 0.3 is 29.6 Å². The van der Waals surface area contributed by atoms with E-state index < -0.39 is 22.4 Å². The first kappa shape index (κ1) is 14.4. The van der Waals surface area contributed by atoms with Crippen LogP contribution in [0.3, 0.4) is 0 Å². The molecule has 1 amide bonds. The van der Waals surface area contributed by atoms with E-state index in [-0.39, 0.29) is 46.5 Å². The summed E-state index contributed by atoms with van der Waals surface area (Å²) in [6.07, 6.45) is 1.52. The Kier molecular flexibility index (Phi) is 3.91. The molecule has 2 aliphatic rings. The molecule has 8 heteroatoms. The van der Waals surface area contributed by atoms with Crippen molar-refractivity contribution in [3.8, 4) is 0 Å². The number of hydrogen-bond acceptors (Lipinski definition) is 5. The number of carbonyl (C=O) groups excluding carboxylic acids is 2. The van der Waals surface area contributed by atoms with Crippen LogP contribution in [0.1, 0.15) is 11.6 Å². The number of carboxylic acid groups (broad SMARTS) is 1. The van der Waals surface area contributed by atoms with Gasteiger partial charge in [0.1, 0.15) is 5.92 Å². The van der Waals surface area contributed by atoms with Crippen LogP contribution in [0.2, 0.25) is 0 Å². The summed E-state index contributed by atoms with van der Waals surface area (Å²) < 4.78 is 0. The van der Waals surface area contributed by atoms with Gasteiger partial charge in [0, 0.05) is 6.20 Å². The summed E-state index contributed by atoms with van der Waals surface area (Å²) in [4.78, 5) is 24.1. The van der Waals surface area contributed by atoms with Crippen LogP contribution in [0.5, 0.6) is 0 Å². The zero-order valence-electron chi connectivity index (χ0n) is 10.1. The first-order chi connectivity index (χ1) is 8.61. The van der Waals surface area contributed by atoms with E-state index >= 15 is 0 Å². The fraction of sp³-hybridized carbons (Fsp3) is 0.182. The van der Waals surface area contributed by atoms with E-state index in [1.807, 2.05) is 0 Å². The SMILES string of the molecule is C=S1C=C(C(=O)[O-])N2C(=O)C(c3cccnn3)[C@H]21.[Na+]. The Hall–Kier alpha value is -1.02. The van der Waals surface area contributed by atoms with Gasteiger partial charge in [-0.1, -0.05) is 5.87 Å². The molecule has 3 rings (SSSR count). The summed E-state index contributed by atoms with van der Waals surface area (Å²) in [7, 11) is -0.558. The Morgan fingerprint density at radius 2 is 2.26 bits per heavy atom. The third kappa shape index (κ3) is 2.06. The summed E-state index contributed by atoms with van der Waals surface area (Å²) in [5, 5.41) is 19.8. The van der Waals surface area contributed by atoms with Gasteiger partial charge < -0.3 is 9.90 Å². The monoisotopic (exact) mass is 285 g/mol. The number of rotatable bonds is 2. The van der Waals surface area contributed by atoms with E-state index in [4.69, 9.17) is 0 Å². The van der Waals surface area contributed by atoms with Crippen LogP contribution in [-0.2, 0) is 9.59 Å². The smallest absolute Gasteiger partial charge is 0.543 e. The molecule has 1 aromatic rings. The van der Waals surface area contributed by atoms with E-state index in [1.54, 1.807) is 12.1 Å². The predicted octanol–water partition coefficient (Wildman–Crippen LogP) is -3.96. The van der Waals surface area contributed by atoms with Crippen molar-refractivity contribution >= 4 is 28.2 Å². The average Bonchev–Trinajstić information content (AvgIpc) is 2.64. The van der Waals surface area contributed by atoms with Crippen molar-refractivity contribution in [2.24, 2.45) is 0 Å². The quantitative estimate of drug-likeness (QED) is 0.314. The Morgan fingerprint density at radius 3 is 2.84 bits per heavy atom. The average molecular weight is 285 g/mol. The van der Waals surface area contributed by atoms with Crippen molar-refractivity contribution in [1.82, 2.24) is 15.1 Å². The predicted molar refractivity (Wildman–Crippen MR) is 63.2 cm³/mol. The van der Waals surface area contributed by atoms with E-state index in [0.29, 0.717) is 5.69 Å². The molecule has 1 aromatic heterocycles. The minimum absolute atomic E-state index is 0. The number of hydrogen-bond donors (Lipinski definition) is 0. The molecule has 3 heterocycles. The third-order valence-electron chi connectivity index (χ3n) is 3.00. The zero-order chi connectivity index (χ0) is 12.9. The van der Waals surface area contributed by atoms with Gasteiger partial charge in [-0.05, 0) is 17.5 Å². The molecule has 0 spiro atoms. The minimum Gasteiger partial charge on any atom is -0.543 e. The number of β-lactam (4-membered cyclic amide) rings is 1. The number of aromatic nitrogens is 2. The maximum atomic E-state index is 12.0. The summed E-state index contributed by atoms with van der Waals surface area (Å²) in [6, 6.07) is 3.41. The van der Waals surface area contributed by atoms with Gasteiger partial charge in [-0.3, -0.25) is 9.69 Å². The molecule has 0 bridgehead atoms. The molecule has 92 valence electrons. The molecule has 6 nitrogen and oxygen atoms in total. The van der Waals surface area contributed by atoms with Gasteiger partial charge in [-0.25, -0.2) is 0 Å². The Balaban J connectivity index is 0.00000133. The van der Waals surface area contributed by atoms with Crippen molar-refractivity contribution in [2.75, 3.05) is 0 Å². The molecule has 2 unspecified atom stereocenters. The van der Waals surface area contributed by atoms with Crippen LogP contribution < -0.4 is 34.7 Å². The molecular weight excluding hydrogens is 277 g/mol. The topological polar surface area (TPSA) is 86.2 Å². The summed E-state index contributed by atoms with van der Waals surface area (Å²) >= 11 is 0. The third-order valence-corrected chi connectivity index (χ3v) is 4.63. The molecule has 0 N–H and O–H groups in total.